The normalized spacial score (nSPS) is 10.5. The molecule has 1 N–H and O–H groups in total. The number of nitrogens with one attached hydrogen (secondary N) is 1. The topological polar surface area (TPSA) is 47.3 Å². The lowest BCUT2D eigenvalue weighted by molar-refractivity contribution is 0.340. The molecule has 2 aromatic carbocycles. The average molecular weight is 326 g/mol. The molecule has 0 atom stereocenters. The minimum atomic E-state index is 0.684. The molecule has 3 aromatic rings. The van der Waals surface area contributed by atoms with E-state index in [4.69, 9.17) is 9.26 Å². The van der Waals surface area contributed by atoms with Crippen LogP contribution < -0.4 is 9.46 Å². The van der Waals surface area contributed by atoms with Crippen molar-refractivity contribution in [3.8, 4) is 16.9 Å². The summed E-state index contributed by atoms with van der Waals surface area (Å²) in [6.45, 7) is 4.54. The first-order valence-corrected chi connectivity index (χ1v) is 8.26. The highest BCUT2D eigenvalue weighted by molar-refractivity contribution is 8.00. The molecule has 0 radical (unpaired) electrons. The van der Waals surface area contributed by atoms with Crippen molar-refractivity contribution in [3.05, 3.63) is 60.4 Å². The number of ether oxygens (including phenoxy) is 1. The van der Waals surface area contributed by atoms with Gasteiger partial charge in [0.15, 0.2) is 5.82 Å². The van der Waals surface area contributed by atoms with Gasteiger partial charge >= 0.3 is 0 Å². The first kappa shape index (κ1) is 15.5. The van der Waals surface area contributed by atoms with Crippen molar-refractivity contribution in [2.24, 2.45) is 0 Å². The molecular weight excluding hydrogens is 308 g/mol. The van der Waals surface area contributed by atoms with Gasteiger partial charge in [-0.25, -0.2) is 0 Å². The minimum absolute atomic E-state index is 0.684. The monoisotopic (exact) mass is 326 g/mol. The number of anilines is 1. The van der Waals surface area contributed by atoms with E-state index in [0.717, 1.165) is 22.2 Å². The summed E-state index contributed by atoms with van der Waals surface area (Å²) in [5.74, 6) is 2.41. The van der Waals surface area contributed by atoms with Crippen molar-refractivity contribution in [1.82, 2.24) is 5.16 Å². The Morgan fingerprint density at radius 3 is 2.26 bits per heavy atom. The maximum Gasteiger partial charge on any atom is 0.179 e. The summed E-state index contributed by atoms with van der Waals surface area (Å²) in [7, 11) is 0. The van der Waals surface area contributed by atoms with Crippen LogP contribution in [-0.4, -0.2) is 11.8 Å². The van der Waals surface area contributed by atoms with Gasteiger partial charge in [0, 0.05) is 11.0 Å². The summed E-state index contributed by atoms with van der Waals surface area (Å²) in [6, 6.07) is 18.4. The van der Waals surface area contributed by atoms with Gasteiger partial charge in [-0.1, -0.05) is 29.4 Å². The van der Waals surface area contributed by atoms with Crippen LogP contribution in [0.2, 0.25) is 0 Å². The second kappa shape index (κ2) is 7.24. The summed E-state index contributed by atoms with van der Waals surface area (Å²) in [4.78, 5) is 1.11. The van der Waals surface area contributed by atoms with Crippen molar-refractivity contribution in [1.29, 1.82) is 0 Å². The third kappa shape index (κ3) is 4.07. The van der Waals surface area contributed by atoms with Crippen molar-refractivity contribution in [2.45, 2.75) is 18.7 Å². The molecular formula is C18H18N2O2S. The van der Waals surface area contributed by atoms with Gasteiger partial charge in [-0.3, -0.25) is 0 Å². The van der Waals surface area contributed by atoms with Crippen molar-refractivity contribution < 1.29 is 9.26 Å². The van der Waals surface area contributed by atoms with Crippen molar-refractivity contribution >= 4 is 17.8 Å². The maximum atomic E-state index is 5.47. The number of rotatable bonds is 6. The SMILES string of the molecule is CCOc1ccc(-c2ccc(SNc3cc(C)on3)cc2)cc1. The number of hydrogen-bond acceptors (Lipinski definition) is 5. The zero-order chi connectivity index (χ0) is 16.1. The van der Waals surface area contributed by atoms with Gasteiger partial charge in [0.2, 0.25) is 0 Å². The molecule has 0 aliphatic heterocycles. The highest BCUT2D eigenvalue weighted by Gasteiger charge is 2.02. The maximum absolute atomic E-state index is 5.47. The molecule has 5 heteroatoms. The van der Waals surface area contributed by atoms with E-state index < -0.39 is 0 Å². The van der Waals surface area contributed by atoms with Gasteiger partial charge in [0.05, 0.1) is 6.61 Å². The Morgan fingerprint density at radius 2 is 1.70 bits per heavy atom. The Bertz CT molecular complexity index is 751. The van der Waals surface area contributed by atoms with Crippen LogP contribution in [0.25, 0.3) is 11.1 Å². The van der Waals surface area contributed by atoms with E-state index in [1.807, 2.05) is 32.0 Å². The average Bonchev–Trinajstić information content (AvgIpc) is 3.00. The molecule has 23 heavy (non-hydrogen) atoms. The molecule has 3 rings (SSSR count). The van der Waals surface area contributed by atoms with E-state index >= 15 is 0 Å². The highest BCUT2D eigenvalue weighted by Crippen LogP contribution is 2.26. The van der Waals surface area contributed by atoms with Crippen LogP contribution in [0.3, 0.4) is 0 Å². The van der Waals surface area contributed by atoms with Gasteiger partial charge in [0.1, 0.15) is 11.5 Å². The molecule has 0 aliphatic carbocycles. The fraction of sp³-hybridized carbons (Fsp3) is 0.167. The van der Waals surface area contributed by atoms with Crippen molar-refractivity contribution in [2.75, 3.05) is 11.3 Å². The Hall–Kier alpha value is -2.40. The minimum Gasteiger partial charge on any atom is -0.494 e. The second-order valence-electron chi connectivity index (χ2n) is 5.01. The molecule has 4 nitrogen and oxygen atoms in total. The van der Waals surface area contributed by atoms with Crippen molar-refractivity contribution in [3.63, 3.8) is 0 Å². The molecule has 1 heterocycles. The molecule has 0 unspecified atom stereocenters. The Balaban J connectivity index is 1.64. The van der Waals surface area contributed by atoms with E-state index in [0.29, 0.717) is 6.61 Å². The second-order valence-corrected chi connectivity index (χ2v) is 5.89. The van der Waals surface area contributed by atoms with Gasteiger partial charge < -0.3 is 14.0 Å². The van der Waals surface area contributed by atoms with Gasteiger partial charge in [-0.05, 0) is 61.2 Å². The van der Waals surface area contributed by atoms with Crippen LogP contribution in [0.15, 0.2) is 64.0 Å². The largest absolute Gasteiger partial charge is 0.494 e. The zero-order valence-corrected chi connectivity index (χ0v) is 13.9. The fourth-order valence-corrected chi connectivity index (χ4v) is 2.74. The highest BCUT2D eigenvalue weighted by atomic mass is 32.2. The fourth-order valence-electron chi connectivity index (χ4n) is 2.15. The third-order valence-electron chi connectivity index (χ3n) is 3.25. The van der Waals surface area contributed by atoms with Crippen LogP contribution in [0, 0.1) is 6.92 Å². The standard InChI is InChI=1S/C18H18N2O2S/c1-3-21-16-8-4-14(5-9-16)15-6-10-17(11-7-15)23-20-18-12-13(2)22-19-18/h4-12H,3H2,1-2H3,(H,19,20). The van der Waals surface area contributed by atoms with Crippen LogP contribution in [0.4, 0.5) is 5.82 Å². The van der Waals surface area contributed by atoms with Gasteiger partial charge in [0.25, 0.3) is 0 Å². The van der Waals surface area contributed by atoms with E-state index in [2.05, 4.69) is 46.3 Å². The number of benzene rings is 2. The van der Waals surface area contributed by atoms with Crippen LogP contribution in [0.5, 0.6) is 5.75 Å². The third-order valence-corrected chi connectivity index (χ3v) is 4.07. The summed E-state index contributed by atoms with van der Waals surface area (Å²) in [5.41, 5.74) is 2.35. The molecule has 1 aromatic heterocycles. The van der Waals surface area contributed by atoms with E-state index in [-0.39, 0.29) is 0 Å². The first-order valence-electron chi connectivity index (χ1n) is 7.44. The van der Waals surface area contributed by atoms with E-state index in [9.17, 15) is 0 Å². The summed E-state index contributed by atoms with van der Waals surface area (Å²) in [5, 5.41) is 3.90. The molecule has 0 amide bonds. The molecule has 118 valence electrons. The molecule has 0 aliphatic rings. The Kier molecular flexibility index (Phi) is 4.88. The molecule has 0 bridgehead atoms. The molecule has 0 saturated carbocycles. The van der Waals surface area contributed by atoms with Gasteiger partial charge in [-0.2, -0.15) is 0 Å². The quantitative estimate of drug-likeness (QED) is 0.633. The zero-order valence-electron chi connectivity index (χ0n) is 13.1. The summed E-state index contributed by atoms with van der Waals surface area (Å²) in [6.07, 6.45) is 0. The van der Waals surface area contributed by atoms with Crippen LogP contribution >= 0.6 is 11.9 Å². The first-order chi connectivity index (χ1) is 11.2. The lowest BCUT2D eigenvalue weighted by Crippen LogP contribution is -1.90. The van der Waals surface area contributed by atoms with Crippen LogP contribution in [0.1, 0.15) is 12.7 Å². The molecule has 0 spiro atoms. The number of aryl methyl sites for hydroxylation is 1. The molecule has 0 fully saturated rings. The lowest BCUT2D eigenvalue weighted by atomic mass is 10.1. The lowest BCUT2D eigenvalue weighted by Gasteiger charge is -2.06. The Morgan fingerprint density at radius 1 is 1.04 bits per heavy atom. The predicted molar refractivity (Wildman–Crippen MR) is 93.8 cm³/mol. The predicted octanol–water partition coefficient (Wildman–Crippen LogP) is 5.17. The number of aromatic nitrogens is 1. The Labute approximate surface area is 140 Å². The van der Waals surface area contributed by atoms with E-state index in [1.54, 1.807) is 0 Å². The number of nitrogens with zero attached hydrogens (tertiary/aromatic N) is 1. The smallest absolute Gasteiger partial charge is 0.179 e. The summed E-state index contributed by atoms with van der Waals surface area (Å²) >= 11 is 1.51. The van der Waals surface area contributed by atoms with Gasteiger partial charge in [-0.15, -0.1) is 0 Å². The van der Waals surface area contributed by atoms with Crippen LogP contribution in [-0.2, 0) is 0 Å². The molecule has 0 saturated heterocycles. The van der Waals surface area contributed by atoms with E-state index in [1.165, 1.54) is 23.1 Å². The summed E-state index contributed by atoms with van der Waals surface area (Å²) < 4.78 is 13.6. The number of hydrogen-bond donors (Lipinski definition) is 1.